The van der Waals surface area contributed by atoms with E-state index in [1.807, 2.05) is 0 Å². The maximum absolute atomic E-state index is 13.7. The molecule has 0 saturated heterocycles. The molecule has 0 saturated carbocycles. The van der Waals surface area contributed by atoms with Crippen LogP contribution in [0.1, 0.15) is 24.4 Å². The molecule has 0 amide bonds. The van der Waals surface area contributed by atoms with E-state index in [-0.39, 0.29) is 5.56 Å². The molecule has 1 aliphatic rings. The average molecular weight is 354 g/mol. The molecule has 2 unspecified atom stereocenters. The van der Waals surface area contributed by atoms with Gasteiger partial charge in [-0.2, -0.15) is 4.98 Å². The number of aliphatic hydroxyl groups is 1. The third-order valence-electron chi connectivity index (χ3n) is 4.58. The first-order chi connectivity index (χ1) is 12.5. The van der Waals surface area contributed by atoms with Gasteiger partial charge in [0.2, 0.25) is 11.5 Å². The monoisotopic (exact) mass is 354 g/mol. The predicted molar refractivity (Wildman–Crippen MR) is 91.2 cm³/mol. The Morgan fingerprint density at radius 2 is 2.15 bits per heavy atom. The van der Waals surface area contributed by atoms with Crippen LogP contribution in [0, 0.1) is 5.82 Å². The molecule has 2 aromatic heterocycles. The number of nitrogens with two attached hydrogens (primary N) is 1. The maximum Gasteiger partial charge on any atom is 0.314 e. The van der Waals surface area contributed by atoms with Crippen molar-refractivity contribution in [1.29, 1.82) is 0 Å². The average Bonchev–Trinajstić information content (AvgIpc) is 2.90. The number of pyridine rings is 1. The van der Waals surface area contributed by atoms with Crippen molar-refractivity contribution in [3.05, 3.63) is 82.4 Å². The highest BCUT2D eigenvalue weighted by atomic mass is 19.1. The highest BCUT2D eigenvalue weighted by Crippen LogP contribution is 2.33. The molecule has 132 valence electrons. The minimum absolute atomic E-state index is 0.308. The third kappa shape index (κ3) is 2.60. The number of nitrogens with one attached hydrogen (secondary N) is 1. The van der Waals surface area contributed by atoms with Crippen molar-refractivity contribution in [2.24, 2.45) is 0 Å². The lowest BCUT2D eigenvalue weighted by Crippen LogP contribution is -2.74. The van der Waals surface area contributed by atoms with Crippen molar-refractivity contribution in [2.75, 3.05) is 0 Å². The van der Waals surface area contributed by atoms with Crippen LogP contribution < -0.4 is 16.2 Å². The fourth-order valence-corrected chi connectivity index (χ4v) is 3.31. The van der Waals surface area contributed by atoms with Crippen LogP contribution >= 0.6 is 0 Å². The number of benzene rings is 1. The van der Waals surface area contributed by atoms with Crippen molar-refractivity contribution >= 4 is 11.5 Å². The Morgan fingerprint density at radius 1 is 1.31 bits per heavy atom. The van der Waals surface area contributed by atoms with Crippen LogP contribution in [0.2, 0.25) is 0 Å². The first-order valence-corrected chi connectivity index (χ1v) is 8.08. The molecule has 26 heavy (non-hydrogen) atoms. The smallest absolute Gasteiger partial charge is 0.314 e. The molecular weight excluding hydrogens is 337 g/mol. The number of quaternary nitrogens is 1. The Balaban J connectivity index is 1.85. The van der Waals surface area contributed by atoms with E-state index >= 15 is 0 Å². The van der Waals surface area contributed by atoms with Gasteiger partial charge in [0.25, 0.3) is 0 Å². The number of halogens is 1. The summed E-state index contributed by atoms with van der Waals surface area (Å²) in [5.74, 6) is 0.182. The predicted octanol–water partition coefficient (Wildman–Crippen LogP) is 0.619. The van der Waals surface area contributed by atoms with Gasteiger partial charge in [-0.1, -0.05) is 12.1 Å². The number of aliphatic hydroxyl groups excluding tert-OH is 1. The summed E-state index contributed by atoms with van der Waals surface area (Å²) < 4.78 is 15.2. The second-order valence-corrected chi connectivity index (χ2v) is 6.26. The number of rotatable bonds is 3. The standard InChI is InChI=1S/C18H16FN5O2/c1-18(11-3-2-4-12(19)9-11)23-16(25)14-6-5-13(17(26)24(14)18)22-15-7-8-20-10-21-15/h2-10,16,23,25H,1H3,(H,20,21,22)/p+1. The quantitative estimate of drug-likeness (QED) is 0.641. The summed E-state index contributed by atoms with van der Waals surface area (Å²) in [6.07, 6.45) is 1.95. The number of hydrogen-bond acceptors (Lipinski definition) is 5. The normalized spacial score (nSPS) is 21.6. The van der Waals surface area contributed by atoms with Gasteiger partial charge in [0.1, 0.15) is 24.0 Å². The molecule has 3 aromatic rings. The van der Waals surface area contributed by atoms with E-state index in [1.165, 1.54) is 23.0 Å². The molecule has 1 aliphatic heterocycles. The van der Waals surface area contributed by atoms with Crippen LogP contribution in [0.25, 0.3) is 0 Å². The third-order valence-corrected chi connectivity index (χ3v) is 4.58. The summed E-state index contributed by atoms with van der Waals surface area (Å²) >= 11 is 0. The van der Waals surface area contributed by atoms with Crippen molar-refractivity contribution in [1.82, 2.24) is 19.9 Å². The van der Waals surface area contributed by atoms with Crippen molar-refractivity contribution < 1.29 is 14.8 Å². The van der Waals surface area contributed by atoms with E-state index < -0.39 is 17.7 Å². The van der Waals surface area contributed by atoms with Crippen LogP contribution in [-0.2, 0) is 5.66 Å². The minimum Gasteiger partial charge on any atom is -0.373 e. The van der Waals surface area contributed by atoms with E-state index in [4.69, 9.17) is 0 Å². The van der Waals surface area contributed by atoms with Crippen LogP contribution in [0.4, 0.5) is 15.9 Å². The molecular formula is C18H17FN5O2+. The van der Waals surface area contributed by atoms with Crippen LogP contribution in [0.15, 0.2) is 59.8 Å². The molecule has 4 rings (SSSR count). The molecule has 8 heteroatoms. The lowest BCUT2D eigenvalue weighted by molar-refractivity contribution is -0.484. The topological polar surface area (TPSA) is 96.7 Å². The molecule has 1 aromatic carbocycles. The summed E-state index contributed by atoms with van der Waals surface area (Å²) in [5.41, 5.74) is -0.0233. The summed E-state index contributed by atoms with van der Waals surface area (Å²) in [6.45, 7) is 1.73. The molecule has 4 N–H and O–H groups in total. The lowest BCUT2D eigenvalue weighted by atomic mass is 10.0. The van der Waals surface area contributed by atoms with Crippen LogP contribution in [0.3, 0.4) is 0 Å². The fourth-order valence-electron chi connectivity index (χ4n) is 3.31. The highest BCUT2D eigenvalue weighted by molar-refractivity contribution is 5.37. The van der Waals surface area contributed by atoms with Gasteiger partial charge < -0.3 is 5.11 Å². The number of hydrogen-bond donors (Lipinski definition) is 3. The van der Waals surface area contributed by atoms with E-state index in [0.29, 0.717) is 22.8 Å². The zero-order chi connectivity index (χ0) is 18.3. The first-order valence-electron chi connectivity index (χ1n) is 8.08. The molecule has 2 atom stereocenters. The highest BCUT2D eigenvalue weighted by Gasteiger charge is 2.42. The van der Waals surface area contributed by atoms with Gasteiger partial charge in [-0.05, 0) is 30.7 Å². The SMILES string of the molecule is CC1(c2cccc(F)c2)NC(O)c2ccc([NH2+]c3ccncn3)c(=O)n21. The molecule has 0 spiro atoms. The van der Waals surface area contributed by atoms with E-state index in [9.17, 15) is 14.3 Å². The lowest BCUT2D eigenvalue weighted by Gasteiger charge is -2.28. The molecule has 3 heterocycles. The second-order valence-electron chi connectivity index (χ2n) is 6.26. The first kappa shape index (κ1) is 16.5. The number of nitrogens with zero attached hydrogens (tertiary/aromatic N) is 3. The Morgan fingerprint density at radius 3 is 2.88 bits per heavy atom. The van der Waals surface area contributed by atoms with Crippen LogP contribution in [-0.4, -0.2) is 19.6 Å². The largest absolute Gasteiger partial charge is 0.373 e. The van der Waals surface area contributed by atoms with E-state index in [1.54, 1.807) is 48.8 Å². The van der Waals surface area contributed by atoms with Gasteiger partial charge in [0.05, 0.1) is 5.69 Å². The summed E-state index contributed by atoms with van der Waals surface area (Å²) in [6, 6.07) is 11.0. The second kappa shape index (κ2) is 6.10. The molecule has 0 bridgehead atoms. The summed E-state index contributed by atoms with van der Waals surface area (Å²) in [7, 11) is 0. The van der Waals surface area contributed by atoms with Gasteiger partial charge in [0, 0.05) is 18.3 Å². The van der Waals surface area contributed by atoms with E-state index in [0.717, 1.165) is 0 Å². The summed E-state index contributed by atoms with van der Waals surface area (Å²) in [4.78, 5) is 21.1. The van der Waals surface area contributed by atoms with Crippen molar-refractivity contribution in [3.63, 3.8) is 0 Å². The van der Waals surface area contributed by atoms with E-state index in [2.05, 4.69) is 15.3 Å². The molecule has 0 radical (unpaired) electrons. The molecule has 7 nitrogen and oxygen atoms in total. The Bertz CT molecular complexity index is 1020. The number of aromatic nitrogens is 3. The Hall–Kier alpha value is -2.94. The fraction of sp³-hybridized carbons (Fsp3) is 0.167. The van der Waals surface area contributed by atoms with Crippen molar-refractivity contribution in [3.8, 4) is 0 Å². The molecule has 0 aliphatic carbocycles. The van der Waals surface area contributed by atoms with Gasteiger partial charge >= 0.3 is 5.56 Å². The zero-order valence-electron chi connectivity index (χ0n) is 13.9. The molecule has 0 fully saturated rings. The van der Waals surface area contributed by atoms with Gasteiger partial charge in [-0.25, -0.2) is 9.37 Å². The van der Waals surface area contributed by atoms with Crippen LogP contribution in [0.5, 0.6) is 0 Å². The van der Waals surface area contributed by atoms with Crippen molar-refractivity contribution in [2.45, 2.75) is 18.8 Å². The van der Waals surface area contributed by atoms with Gasteiger partial charge in [0.15, 0.2) is 0 Å². The summed E-state index contributed by atoms with van der Waals surface area (Å²) in [5, 5.41) is 15.0. The Kier molecular flexibility index (Phi) is 3.87. The van der Waals surface area contributed by atoms with Gasteiger partial charge in [-0.3, -0.25) is 20.0 Å². The zero-order valence-corrected chi connectivity index (χ0v) is 13.9. The number of fused-ring (bicyclic) bond motifs is 1. The van der Waals surface area contributed by atoms with Gasteiger partial charge in [-0.15, -0.1) is 0 Å². The Labute approximate surface area is 148 Å². The maximum atomic E-state index is 13.7. The minimum atomic E-state index is -1.08.